The molecule has 1 aliphatic heterocycles. The summed E-state index contributed by atoms with van der Waals surface area (Å²) in [5, 5.41) is 7.87. The molecule has 3 rings (SSSR count). The predicted octanol–water partition coefficient (Wildman–Crippen LogP) is 1.78. The van der Waals surface area contributed by atoms with E-state index in [0.29, 0.717) is 0 Å². The summed E-state index contributed by atoms with van der Waals surface area (Å²) in [4.78, 5) is 0. The third-order valence-electron chi connectivity index (χ3n) is 3.27. The van der Waals surface area contributed by atoms with E-state index < -0.39 is 0 Å². The second kappa shape index (κ2) is 4.92. The monoisotopic (exact) mass is 243 g/mol. The Morgan fingerprint density at radius 2 is 2.28 bits per heavy atom. The summed E-state index contributed by atoms with van der Waals surface area (Å²) in [5.74, 6) is 0. The molecule has 94 valence electrons. The van der Waals surface area contributed by atoms with Crippen LogP contribution in [0.2, 0.25) is 0 Å². The molecule has 0 fully saturated rings. The van der Waals surface area contributed by atoms with Crippen LogP contribution in [0.4, 0.5) is 0 Å². The van der Waals surface area contributed by atoms with Crippen molar-refractivity contribution in [3.63, 3.8) is 0 Å². The maximum atomic E-state index is 5.61. The van der Waals surface area contributed by atoms with Crippen LogP contribution in [-0.4, -0.2) is 16.4 Å². The van der Waals surface area contributed by atoms with Crippen LogP contribution < -0.4 is 5.32 Å². The van der Waals surface area contributed by atoms with Gasteiger partial charge in [-0.05, 0) is 17.2 Å². The first-order valence-electron chi connectivity index (χ1n) is 6.20. The quantitative estimate of drug-likeness (QED) is 0.893. The molecule has 4 heteroatoms. The molecular weight excluding hydrogens is 226 g/mol. The molecule has 2 aromatic rings. The third-order valence-corrected chi connectivity index (χ3v) is 3.27. The first-order valence-corrected chi connectivity index (χ1v) is 6.20. The number of fused-ring (bicyclic) bond motifs is 1. The molecule has 1 unspecified atom stereocenters. The van der Waals surface area contributed by atoms with E-state index in [4.69, 9.17) is 4.74 Å². The SMILES string of the molecule is Cn1ccc(CNC2COCc3ccccc32)n1. The van der Waals surface area contributed by atoms with Crippen LogP contribution in [0.3, 0.4) is 0 Å². The average Bonchev–Trinajstić information content (AvgIpc) is 2.82. The number of nitrogens with one attached hydrogen (secondary N) is 1. The average molecular weight is 243 g/mol. The second-order valence-electron chi connectivity index (χ2n) is 4.63. The van der Waals surface area contributed by atoms with E-state index in [1.54, 1.807) is 0 Å². The Hall–Kier alpha value is -1.65. The van der Waals surface area contributed by atoms with Gasteiger partial charge in [0.25, 0.3) is 0 Å². The molecule has 0 saturated heterocycles. The predicted molar refractivity (Wildman–Crippen MR) is 68.9 cm³/mol. The Labute approximate surface area is 107 Å². The first kappa shape index (κ1) is 11.4. The van der Waals surface area contributed by atoms with Crippen molar-refractivity contribution in [2.45, 2.75) is 19.2 Å². The maximum Gasteiger partial charge on any atom is 0.0762 e. The van der Waals surface area contributed by atoms with Crippen molar-refractivity contribution < 1.29 is 4.74 Å². The molecule has 0 bridgehead atoms. The van der Waals surface area contributed by atoms with Crippen molar-refractivity contribution in [3.8, 4) is 0 Å². The highest BCUT2D eigenvalue weighted by Crippen LogP contribution is 2.24. The fourth-order valence-corrected chi connectivity index (χ4v) is 2.34. The van der Waals surface area contributed by atoms with Gasteiger partial charge in [-0.25, -0.2) is 0 Å². The summed E-state index contributed by atoms with van der Waals surface area (Å²) >= 11 is 0. The Kier molecular flexibility index (Phi) is 3.13. The number of hydrogen-bond donors (Lipinski definition) is 1. The fourth-order valence-electron chi connectivity index (χ4n) is 2.34. The van der Waals surface area contributed by atoms with Gasteiger partial charge in [-0.2, -0.15) is 5.10 Å². The molecule has 1 aromatic carbocycles. The van der Waals surface area contributed by atoms with Crippen LogP contribution in [0, 0.1) is 0 Å². The van der Waals surface area contributed by atoms with Crippen LogP contribution in [0.5, 0.6) is 0 Å². The molecule has 0 amide bonds. The zero-order valence-corrected chi connectivity index (χ0v) is 10.5. The summed E-state index contributed by atoms with van der Waals surface area (Å²) in [6, 6.07) is 10.7. The number of nitrogens with zero attached hydrogens (tertiary/aromatic N) is 2. The van der Waals surface area contributed by atoms with Crippen LogP contribution in [0.1, 0.15) is 22.9 Å². The lowest BCUT2D eigenvalue weighted by Crippen LogP contribution is -2.29. The van der Waals surface area contributed by atoms with Gasteiger partial charge in [0.05, 0.1) is 24.9 Å². The third kappa shape index (κ3) is 2.30. The maximum absolute atomic E-state index is 5.61. The lowest BCUT2D eigenvalue weighted by molar-refractivity contribution is 0.0815. The van der Waals surface area contributed by atoms with Crippen molar-refractivity contribution >= 4 is 0 Å². The smallest absolute Gasteiger partial charge is 0.0762 e. The minimum Gasteiger partial charge on any atom is -0.375 e. The molecule has 1 N–H and O–H groups in total. The number of rotatable bonds is 3. The van der Waals surface area contributed by atoms with Crippen molar-refractivity contribution in [1.82, 2.24) is 15.1 Å². The summed E-state index contributed by atoms with van der Waals surface area (Å²) in [6.45, 7) is 2.21. The molecule has 1 atom stereocenters. The summed E-state index contributed by atoms with van der Waals surface area (Å²) in [5.41, 5.74) is 3.68. The van der Waals surface area contributed by atoms with E-state index >= 15 is 0 Å². The van der Waals surface area contributed by atoms with Crippen LogP contribution >= 0.6 is 0 Å². The lowest BCUT2D eigenvalue weighted by Gasteiger charge is -2.26. The van der Waals surface area contributed by atoms with Crippen molar-refractivity contribution in [2.75, 3.05) is 6.61 Å². The van der Waals surface area contributed by atoms with E-state index in [-0.39, 0.29) is 6.04 Å². The van der Waals surface area contributed by atoms with Gasteiger partial charge in [0.1, 0.15) is 0 Å². The van der Waals surface area contributed by atoms with Gasteiger partial charge in [-0.3, -0.25) is 4.68 Å². The molecule has 1 aromatic heterocycles. The minimum atomic E-state index is 0.261. The normalized spacial score (nSPS) is 18.6. The first-order chi connectivity index (χ1) is 8.83. The topological polar surface area (TPSA) is 39.1 Å². The van der Waals surface area contributed by atoms with Gasteiger partial charge in [0, 0.05) is 19.8 Å². The highest BCUT2D eigenvalue weighted by Gasteiger charge is 2.19. The Morgan fingerprint density at radius 1 is 1.39 bits per heavy atom. The largest absolute Gasteiger partial charge is 0.375 e. The van der Waals surface area contributed by atoms with E-state index in [9.17, 15) is 0 Å². The van der Waals surface area contributed by atoms with Gasteiger partial charge in [-0.15, -0.1) is 0 Å². The molecule has 0 radical (unpaired) electrons. The zero-order chi connectivity index (χ0) is 12.4. The van der Waals surface area contributed by atoms with E-state index in [2.05, 4.69) is 34.7 Å². The fraction of sp³-hybridized carbons (Fsp3) is 0.357. The van der Waals surface area contributed by atoms with Crippen molar-refractivity contribution in [1.29, 1.82) is 0 Å². The van der Waals surface area contributed by atoms with Gasteiger partial charge >= 0.3 is 0 Å². The molecular formula is C14H17N3O. The van der Waals surface area contributed by atoms with E-state index in [1.807, 2.05) is 24.0 Å². The van der Waals surface area contributed by atoms with Crippen molar-refractivity contribution in [3.05, 3.63) is 53.3 Å². The van der Waals surface area contributed by atoms with Crippen LogP contribution in [-0.2, 0) is 24.9 Å². The minimum absolute atomic E-state index is 0.261. The van der Waals surface area contributed by atoms with Gasteiger partial charge in [0.2, 0.25) is 0 Å². The standard InChI is InChI=1S/C14H17N3O/c1-17-7-6-12(16-17)8-15-14-10-18-9-11-4-2-3-5-13(11)14/h2-7,14-15H,8-10H2,1H3. The molecule has 0 spiro atoms. The van der Waals surface area contributed by atoms with Crippen molar-refractivity contribution in [2.24, 2.45) is 7.05 Å². The van der Waals surface area contributed by atoms with Crippen LogP contribution in [0.15, 0.2) is 36.5 Å². The van der Waals surface area contributed by atoms with E-state index in [1.165, 1.54) is 11.1 Å². The number of ether oxygens (including phenoxy) is 1. The molecule has 1 aliphatic rings. The Bertz CT molecular complexity index is 535. The summed E-state index contributed by atoms with van der Waals surface area (Å²) in [6.07, 6.45) is 1.96. The Balaban J connectivity index is 1.71. The van der Waals surface area contributed by atoms with Gasteiger partial charge in [-0.1, -0.05) is 24.3 Å². The molecule has 4 nitrogen and oxygen atoms in total. The molecule has 18 heavy (non-hydrogen) atoms. The van der Waals surface area contributed by atoms with E-state index in [0.717, 1.165) is 25.5 Å². The molecule has 2 heterocycles. The highest BCUT2D eigenvalue weighted by atomic mass is 16.5. The summed E-state index contributed by atoms with van der Waals surface area (Å²) < 4.78 is 7.44. The lowest BCUT2D eigenvalue weighted by atomic mass is 9.99. The molecule has 0 aliphatic carbocycles. The number of aromatic nitrogens is 2. The molecule has 0 saturated carbocycles. The number of benzene rings is 1. The second-order valence-corrected chi connectivity index (χ2v) is 4.63. The highest BCUT2D eigenvalue weighted by molar-refractivity contribution is 5.31. The number of hydrogen-bond acceptors (Lipinski definition) is 3. The Morgan fingerprint density at radius 3 is 3.11 bits per heavy atom. The zero-order valence-electron chi connectivity index (χ0n) is 10.5. The van der Waals surface area contributed by atoms with Crippen LogP contribution in [0.25, 0.3) is 0 Å². The summed E-state index contributed by atoms with van der Waals surface area (Å²) in [7, 11) is 1.93. The number of aryl methyl sites for hydroxylation is 1. The van der Waals surface area contributed by atoms with Gasteiger partial charge in [0.15, 0.2) is 0 Å². The van der Waals surface area contributed by atoms with Gasteiger partial charge < -0.3 is 10.1 Å².